The quantitative estimate of drug-likeness (QED) is 0.287. The Labute approximate surface area is 241 Å². The van der Waals surface area contributed by atoms with Crippen molar-refractivity contribution in [3.63, 3.8) is 0 Å². The number of morpholine rings is 1. The second kappa shape index (κ2) is 11.6. The van der Waals surface area contributed by atoms with Gasteiger partial charge in [0.05, 0.1) is 35.4 Å². The molecule has 2 aliphatic heterocycles. The lowest BCUT2D eigenvalue weighted by Gasteiger charge is -2.32. The maximum Gasteiger partial charge on any atom is 0.320 e. The SMILES string of the molecule is CN1CC(=O)OC2CN(CC=CC(=O)Nc3cc4c(Nc5ccc(F)c(Cl)c5)ncnc4cc3OCC3CC3)CC21. The van der Waals surface area contributed by atoms with Crippen molar-refractivity contribution in [2.24, 2.45) is 5.92 Å². The first-order chi connectivity index (χ1) is 19.8. The number of amides is 1. The van der Waals surface area contributed by atoms with E-state index in [9.17, 15) is 14.0 Å². The summed E-state index contributed by atoms with van der Waals surface area (Å²) in [7, 11) is 1.93. The molecule has 10 nitrogen and oxygen atoms in total. The molecular weight excluding hydrogens is 551 g/mol. The summed E-state index contributed by atoms with van der Waals surface area (Å²) in [5, 5.41) is 6.73. The number of hydrogen-bond donors (Lipinski definition) is 2. The molecule has 1 aromatic heterocycles. The van der Waals surface area contributed by atoms with Crippen LogP contribution in [0, 0.1) is 11.7 Å². The van der Waals surface area contributed by atoms with Crippen LogP contribution in [0.3, 0.4) is 0 Å². The summed E-state index contributed by atoms with van der Waals surface area (Å²) in [6, 6.07) is 8.03. The van der Waals surface area contributed by atoms with Gasteiger partial charge in [-0.1, -0.05) is 17.7 Å². The zero-order valence-electron chi connectivity index (χ0n) is 22.5. The molecular formula is C29H30ClFN6O4. The number of rotatable bonds is 9. The van der Waals surface area contributed by atoms with Crippen molar-refractivity contribution in [1.82, 2.24) is 19.8 Å². The minimum Gasteiger partial charge on any atom is -0.491 e. The number of esters is 1. The van der Waals surface area contributed by atoms with Crippen LogP contribution in [-0.2, 0) is 14.3 Å². The van der Waals surface area contributed by atoms with Gasteiger partial charge in [0.2, 0.25) is 5.91 Å². The monoisotopic (exact) mass is 580 g/mol. The number of nitrogens with zero attached hydrogens (tertiary/aromatic N) is 4. The maximum atomic E-state index is 13.7. The number of likely N-dealkylation sites (N-methyl/N-ethyl adjacent to an activating group) is 1. The number of anilines is 3. The largest absolute Gasteiger partial charge is 0.491 e. The molecule has 41 heavy (non-hydrogen) atoms. The van der Waals surface area contributed by atoms with Crippen molar-refractivity contribution >= 4 is 51.6 Å². The molecule has 2 unspecified atom stereocenters. The molecule has 0 bridgehead atoms. The van der Waals surface area contributed by atoms with E-state index in [4.69, 9.17) is 21.1 Å². The lowest BCUT2D eigenvalue weighted by molar-refractivity contribution is -0.159. The first-order valence-corrected chi connectivity index (χ1v) is 13.9. The summed E-state index contributed by atoms with van der Waals surface area (Å²) in [6.45, 7) is 2.80. The van der Waals surface area contributed by atoms with Gasteiger partial charge in [-0.15, -0.1) is 0 Å². The third kappa shape index (κ3) is 6.42. The normalized spacial score (nSPS) is 21.2. The molecule has 0 radical (unpaired) electrons. The Morgan fingerprint density at radius 1 is 1.24 bits per heavy atom. The fourth-order valence-electron chi connectivity index (χ4n) is 5.13. The van der Waals surface area contributed by atoms with Crippen LogP contribution in [0.4, 0.5) is 21.6 Å². The molecule has 1 aliphatic carbocycles. The maximum absolute atomic E-state index is 13.7. The molecule has 2 atom stereocenters. The smallest absolute Gasteiger partial charge is 0.320 e. The summed E-state index contributed by atoms with van der Waals surface area (Å²) >= 11 is 5.95. The zero-order valence-corrected chi connectivity index (χ0v) is 23.2. The third-order valence-corrected chi connectivity index (χ3v) is 7.81. The number of hydrogen-bond acceptors (Lipinski definition) is 9. The van der Waals surface area contributed by atoms with Gasteiger partial charge in [-0.05, 0) is 50.1 Å². The van der Waals surface area contributed by atoms with Crippen molar-refractivity contribution in [3.8, 4) is 5.75 Å². The number of benzene rings is 2. The van der Waals surface area contributed by atoms with Gasteiger partial charge in [0, 0.05) is 42.9 Å². The van der Waals surface area contributed by atoms with Gasteiger partial charge in [-0.3, -0.25) is 19.4 Å². The predicted octanol–water partition coefficient (Wildman–Crippen LogP) is 3.99. The van der Waals surface area contributed by atoms with Crippen LogP contribution in [0.15, 0.2) is 48.8 Å². The van der Waals surface area contributed by atoms with E-state index in [1.807, 2.05) is 11.9 Å². The highest BCUT2D eigenvalue weighted by atomic mass is 35.5. The molecule has 2 saturated heterocycles. The highest BCUT2D eigenvalue weighted by Gasteiger charge is 2.41. The number of ether oxygens (including phenoxy) is 2. The summed E-state index contributed by atoms with van der Waals surface area (Å²) in [5.74, 6) is 0.484. The van der Waals surface area contributed by atoms with E-state index in [0.717, 1.165) is 19.4 Å². The molecule has 3 heterocycles. The van der Waals surface area contributed by atoms with Crippen molar-refractivity contribution in [2.75, 3.05) is 50.5 Å². The van der Waals surface area contributed by atoms with E-state index in [1.165, 1.54) is 24.5 Å². The topological polar surface area (TPSA) is 109 Å². The molecule has 3 aliphatic rings. The molecule has 3 fully saturated rings. The molecule has 3 aromatic rings. The van der Waals surface area contributed by atoms with E-state index < -0.39 is 5.82 Å². The fourth-order valence-corrected chi connectivity index (χ4v) is 5.32. The number of nitrogens with one attached hydrogen (secondary N) is 2. The Balaban J connectivity index is 1.18. The standard InChI is InChI=1S/C29H30ClFN6O4/c1-36-14-28(39)41-26-13-37(12-24(26)36)8-2-3-27(38)35-23-10-19-22(11-25(23)40-15-17-4-5-17)32-16-33-29(19)34-18-6-7-21(31)20(30)9-18/h2-3,6-7,9-11,16-17,24,26H,4-5,8,12-15H2,1H3,(H,35,38)(H,32,33,34). The fraction of sp³-hybridized carbons (Fsp3) is 0.379. The number of carbonyl (C=O) groups is 2. The van der Waals surface area contributed by atoms with Crippen LogP contribution >= 0.6 is 11.6 Å². The number of fused-ring (bicyclic) bond motifs is 2. The second-order valence-electron chi connectivity index (χ2n) is 10.7. The van der Waals surface area contributed by atoms with Crippen LogP contribution in [0.2, 0.25) is 5.02 Å². The predicted molar refractivity (Wildman–Crippen MR) is 153 cm³/mol. The van der Waals surface area contributed by atoms with Crippen molar-refractivity contribution in [1.29, 1.82) is 0 Å². The summed E-state index contributed by atoms with van der Waals surface area (Å²) in [6.07, 6.45) is 6.82. The highest BCUT2D eigenvalue weighted by Crippen LogP contribution is 2.36. The molecule has 2 aromatic carbocycles. The summed E-state index contributed by atoms with van der Waals surface area (Å²) < 4.78 is 25.2. The average molecular weight is 581 g/mol. The zero-order chi connectivity index (χ0) is 28.5. The van der Waals surface area contributed by atoms with Crippen LogP contribution < -0.4 is 15.4 Å². The first kappa shape index (κ1) is 27.4. The molecule has 12 heteroatoms. The molecule has 1 saturated carbocycles. The van der Waals surface area contributed by atoms with Crippen molar-refractivity contribution < 1.29 is 23.5 Å². The van der Waals surface area contributed by atoms with E-state index >= 15 is 0 Å². The molecule has 2 N–H and O–H groups in total. The van der Waals surface area contributed by atoms with Crippen molar-refractivity contribution in [2.45, 2.75) is 25.0 Å². The number of aromatic nitrogens is 2. The van der Waals surface area contributed by atoms with Crippen LogP contribution in [0.25, 0.3) is 10.9 Å². The number of likely N-dealkylation sites (tertiary alicyclic amines) is 1. The Kier molecular flexibility index (Phi) is 7.74. The van der Waals surface area contributed by atoms with E-state index in [1.54, 1.807) is 24.3 Å². The Bertz CT molecular complexity index is 1520. The third-order valence-electron chi connectivity index (χ3n) is 7.52. The Morgan fingerprint density at radius 2 is 2.10 bits per heavy atom. The van der Waals surface area contributed by atoms with Gasteiger partial charge in [-0.25, -0.2) is 14.4 Å². The molecule has 6 rings (SSSR count). The Morgan fingerprint density at radius 3 is 2.90 bits per heavy atom. The van der Waals surface area contributed by atoms with Gasteiger partial charge >= 0.3 is 5.97 Å². The van der Waals surface area contributed by atoms with Crippen LogP contribution in [0.1, 0.15) is 12.8 Å². The van der Waals surface area contributed by atoms with Gasteiger partial charge in [-0.2, -0.15) is 0 Å². The molecule has 1 amide bonds. The van der Waals surface area contributed by atoms with Gasteiger partial charge in [0.25, 0.3) is 0 Å². The average Bonchev–Trinajstić information content (AvgIpc) is 3.67. The second-order valence-corrected chi connectivity index (χ2v) is 11.1. The molecule has 214 valence electrons. The van der Waals surface area contributed by atoms with E-state index in [2.05, 4.69) is 25.5 Å². The van der Waals surface area contributed by atoms with Crippen molar-refractivity contribution in [3.05, 3.63) is 59.7 Å². The lowest BCUT2D eigenvalue weighted by Crippen LogP contribution is -2.50. The van der Waals surface area contributed by atoms with Gasteiger partial charge in [0.15, 0.2) is 0 Å². The van der Waals surface area contributed by atoms with E-state index in [-0.39, 0.29) is 29.0 Å². The van der Waals surface area contributed by atoms with E-state index in [0.29, 0.717) is 66.0 Å². The Hall–Kier alpha value is -3.80. The number of halogens is 2. The highest BCUT2D eigenvalue weighted by molar-refractivity contribution is 6.31. The summed E-state index contributed by atoms with van der Waals surface area (Å²) in [4.78, 5) is 37.6. The minimum absolute atomic E-state index is 0.00964. The minimum atomic E-state index is -0.515. The lowest BCUT2D eigenvalue weighted by atomic mass is 10.1. The van der Waals surface area contributed by atoms with Gasteiger partial charge < -0.3 is 20.1 Å². The summed E-state index contributed by atoms with van der Waals surface area (Å²) in [5.41, 5.74) is 1.67. The molecule has 0 spiro atoms. The van der Waals surface area contributed by atoms with Crippen LogP contribution in [-0.4, -0.2) is 83.6 Å². The van der Waals surface area contributed by atoms with Crippen LogP contribution in [0.5, 0.6) is 5.75 Å². The van der Waals surface area contributed by atoms with Gasteiger partial charge in [0.1, 0.15) is 29.8 Å². The number of carbonyl (C=O) groups excluding carboxylic acids is 2. The first-order valence-electron chi connectivity index (χ1n) is 13.6.